The fourth-order valence-electron chi connectivity index (χ4n) is 4.74. The van der Waals surface area contributed by atoms with Crippen LogP contribution in [0.3, 0.4) is 0 Å². The number of nitrogens with zero attached hydrogens (tertiary/aromatic N) is 4. The first-order chi connectivity index (χ1) is 19.2. The lowest BCUT2D eigenvalue weighted by atomic mass is 10.1. The van der Waals surface area contributed by atoms with Crippen LogP contribution in [0.25, 0.3) is 11.4 Å². The first-order valence-electron chi connectivity index (χ1n) is 13.0. The molecule has 1 aliphatic heterocycles. The van der Waals surface area contributed by atoms with Gasteiger partial charge in [-0.15, -0.1) is 0 Å². The zero-order chi connectivity index (χ0) is 28.3. The van der Waals surface area contributed by atoms with Crippen LogP contribution < -0.4 is 15.5 Å². The quantitative estimate of drug-likeness (QED) is 0.309. The molecule has 2 amide bonds. The monoisotopic (exact) mass is 564 g/mol. The third kappa shape index (κ3) is 5.48. The van der Waals surface area contributed by atoms with Gasteiger partial charge in [0.1, 0.15) is 16.4 Å². The molecular formula is C28H29FN6O4S. The molecule has 1 aromatic heterocycles. The van der Waals surface area contributed by atoms with Gasteiger partial charge >= 0.3 is 6.03 Å². The average molecular weight is 565 g/mol. The molecule has 1 saturated heterocycles. The molecule has 3 aromatic rings. The van der Waals surface area contributed by atoms with Crippen molar-refractivity contribution < 1.29 is 22.3 Å². The number of ether oxygens (including phenoxy) is 1. The van der Waals surface area contributed by atoms with Crippen molar-refractivity contribution in [2.45, 2.75) is 41.9 Å². The van der Waals surface area contributed by atoms with Gasteiger partial charge in [-0.1, -0.05) is 0 Å². The minimum Gasteiger partial charge on any atom is -0.377 e. The van der Waals surface area contributed by atoms with Crippen LogP contribution >= 0.6 is 0 Å². The predicted molar refractivity (Wildman–Crippen MR) is 147 cm³/mol. The Morgan fingerprint density at radius 2 is 1.90 bits per heavy atom. The number of amides is 2. The standard InChI is InChI=1S/C28H29FN6O4S/c1-19-18-39-16-15-35(19)25-17-24(28(11-12-28)40(37,38)23-9-5-21(29)6-10-23)33-26(34-25)20-3-7-22(8-4-20)32-27(36)31-14-2-13-30/h3-10,17,19H,2,11-12,14-16,18H2,1H3,(H2,31,32,36)/t19-/m0/s1. The van der Waals surface area contributed by atoms with Gasteiger partial charge in [0.15, 0.2) is 15.7 Å². The topological polar surface area (TPSA) is 137 Å². The molecule has 1 atom stereocenters. The summed E-state index contributed by atoms with van der Waals surface area (Å²) in [6.07, 6.45) is 0.999. The zero-order valence-corrected chi connectivity index (χ0v) is 22.7. The fourth-order valence-corrected chi connectivity index (χ4v) is 6.70. The zero-order valence-electron chi connectivity index (χ0n) is 21.9. The van der Waals surface area contributed by atoms with Crippen LogP contribution in [-0.4, -0.2) is 56.8 Å². The summed E-state index contributed by atoms with van der Waals surface area (Å²) in [5, 5.41) is 13.9. The number of hydrogen-bond donors (Lipinski definition) is 2. The highest BCUT2D eigenvalue weighted by Gasteiger charge is 2.58. The van der Waals surface area contributed by atoms with E-state index in [4.69, 9.17) is 20.0 Å². The summed E-state index contributed by atoms with van der Waals surface area (Å²) in [5.74, 6) is 0.460. The van der Waals surface area contributed by atoms with Gasteiger partial charge < -0.3 is 20.3 Å². The van der Waals surface area contributed by atoms with Crippen LogP contribution in [0.4, 0.5) is 20.7 Å². The summed E-state index contributed by atoms with van der Waals surface area (Å²) in [6, 6.07) is 15.1. The first kappa shape index (κ1) is 27.5. The average Bonchev–Trinajstić information content (AvgIpc) is 3.77. The Kier molecular flexibility index (Phi) is 7.69. The molecule has 10 nitrogen and oxygen atoms in total. The van der Waals surface area contributed by atoms with E-state index < -0.39 is 26.4 Å². The van der Waals surface area contributed by atoms with Crippen molar-refractivity contribution in [1.29, 1.82) is 5.26 Å². The van der Waals surface area contributed by atoms with Gasteiger partial charge in [0, 0.05) is 30.4 Å². The third-order valence-corrected chi connectivity index (χ3v) is 9.65. The van der Waals surface area contributed by atoms with E-state index in [1.165, 1.54) is 12.1 Å². The van der Waals surface area contributed by atoms with Crippen LogP contribution in [0.1, 0.15) is 31.9 Å². The summed E-state index contributed by atoms with van der Waals surface area (Å²) in [7, 11) is -3.86. The molecule has 208 valence electrons. The smallest absolute Gasteiger partial charge is 0.319 e. The molecule has 2 N–H and O–H groups in total. The van der Waals surface area contributed by atoms with E-state index in [0.717, 1.165) is 12.1 Å². The Morgan fingerprint density at radius 1 is 1.18 bits per heavy atom. The summed E-state index contributed by atoms with van der Waals surface area (Å²) < 4.78 is 45.5. The highest BCUT2D eigenvalue weighted by molar-refractivity contribution is 7.92. The minimum absolute atomic E-state index is 0.0272. The largest absolute Gasteiger partial charge is 0.377 e. The fraction of sp³-hybridized carbons (Fsp3) is 0.357. The number of sulfone groups is 1. The summed E-state index contributed by atoms with van der Waals surface area (Å²) in [6.45, 7) is 3.90. The Hall–Kier alpha value is -4.08. The normalized spacial score (nSPS) is 18.0. The van der Waals surface area contributed by atoms with Crippen LogP contribution in [0, 0.1) is 17.1 Å². The van der Waals surface area contributed by atoms with Crippen LogP contribution in [0.5, 0.6) is 0 Å². The van der Waals surface area contributed by atoms with E-state index in [1.54, 1.807) is 30.3 Å². The number of rotatable bonds is 8. The number of aromatic nitrogens is 2. The van der Waals surface area contributed by atoms with E-state index in [9.17, 15) is 17.6 Å². The number of hydrogen-bond acceptors (Lipinski definition) is 8. The Balaban J connectivity index is 1.50. The molecule has 0 unspecified atom stereocenters. The van der Waals surface area contributed by atoms with E-state index in [1.807, 2.05) is 13.0 Å². The number of carbonyl (C=O) groups is 1. The molecule has 2 aromatic carbocycles. The van der Waals surface area contributed by atoms with Gasteiger partial charge in [0.2, 0.25) is 0 Å². The van der Waals surface area contributed by atoms with E-state index in [0.29, 0.717) is 61.2 Å². The minimum atomic E-state index is -3.86. The van der Waals surface area contributed by atoms with Crippen molar-refractivity contribution in [3.63, 3.8) is 0 Å². The maximum Gasteiger partial charge on any atom is 0.319 e. The molecule has 2 fully saturated rings. The number of anilines is 2. The predicted octanol–water partition coefficient (Wildman–Crippen LogP) is 4.01. The SMILES string of the molecule is C[C@H]1COCCN1c1cc(C2(S(=O)(=O)c3ccc(F)cc3)CC2)nc(-c2ccc(NC(=O)NCCC#N)cc2)n1. The van der Waals surface area contributed by atoms with Gasteiger partial charge in [-0.05, 0) is 68.3 Å². The molecule has 40 heavy (non-hydrogen) atoms. The Bertz CT molecular complexity index is 1540. The van der Waals surface area contributed by atoms with Gasteiger partial charge in [-0.2, -0.15) is 5.26 Å². The number of nitriles is 1. The van der Waals surface area contributed by atoms with Crippen LogP contribution in [0.15, 0.2) is 59.5 Å². The number of benzene rings is 2. The number of nitrogens with one attached hydrogen (secondary N) is 2. The molecule has 0 spiro atoms. The second kappa shape index (κ2) is 11.2. The van der Waals surface area contributed by atoms with Crippen molar-refractivity contribution in [3.05, 3.63) is 66.1 Å². The Morgan fingerprint density at radius 3 is 2.55 bits per heavy atom. The number of carbonyl (C=O) groups excluding carboxylic acids is 1. The summed E-state index contributed by atoms with van der Waals surface area (Å²) in [5.41, 5.74) is 1.58. The van der Waals surface area contributed by atoms with Gasteiger partial charge in [0.25, 0.3) is 0 Å². The van der Waals surface area contributed by atoms with Gasteiger partial charge in [-0.3, -0.25) is 0 Å². The maximum atomic E-state index is 13.8. The lowest BCUT2D eigenvalue weighted by Crippen LogP contribution is -2.44. The number of urea groups is 1. The number of morpholine rings is 1. The lowest BCUT2D eigenvalue weighted by molar-refractivity contribution is 0.0985. The van der Waals surface area contributed by atoms with Crippen molar-refractivity contribution in [3.8, 4) is 17.5 Å². The molecule has 1 saturated carbocycles. The van der Waals surface area contributed by atoms with Crippen molar-refractivity contribution in [2.75, 3.05) is 36.5 Å². The van der Waals surface area contributed by atoms with Crippen LogP contribution in [0.2, 0.25) is 0 Å². The first-order valence-corrected chi connectivity index (χ1v) is 14.5. The molecule has 12 heteroatoms. The molecule has 2 aliphatic rings. The van der Waals surface area contributed by atoms with Crippen LogP contribution in [-0.2, 0) is 19.3 Å². The Labute approximate surface area is 232 Å². The molecule has 0 radical (unpaired) electrons. The molecule has 1 aliphatic carbocycles. The van der Waals surface area contributed by atoms with Gasteiger partial charge in [-0.25, -0.2) is 27.6 Å². The third-order valence-electron chi connectivity index (χ3n) is 7.11. The molecule has 5 rings (SSSR count). The number of halogens is 1. The molecular weight excluding hydrogens is 535 g/mol. The highest BCUT2D eigenvalue weighted by atomic mass is 32.2. The van der Waals surface area contributed by atoms with E-state index in [2.05, 4.69) is 15.5 Å². The van der Waals surface area contributed by atoms with Gasteiger partial charge in [0.05, 0.1) is 42.3 Å². The summed E-state index contributed by atoms with van der Waals surface area (Å²) in [4.78, 5) is 23.7. The van der Waals surface area contributed by atoms with Crippen molar-refractivity contribution in [1.82, 2.24) is 15.3 Å². The highest BCUT2D eigenvalue weighted by Crippen LogP contribution is 2.55. The second-order valence-electron chi connectivity index (χ2n) is 9.87. The second-order valence-corrected chi connectivity index (χ2v) is 12.1. The lowest BCUT2D eigenvalue weighted by Gasteiger charge is -2.34. The summed E-state index contributed by atoms with van der Waals surface area (Å²) >= 11 is 0. The van der Waals surface area contributed by atoms with E-state index >= 15 is 0 Å². The van der Waals surface area contributed by atoms with Crippen molar-refractivity contribution in [2.24, 2.45) is 0 Å². The van der Waals surface area contributed by atoms with E-state index in [-0.39, 0.29) is 23.9 Å². The molecule has 2 heterocycles. The maximum absolute atomic E-state index is 13.8. The van der Waals surface area contributed by atoms with Crippen molar-refractivity contribution >= 4 is 27.4 Å². The molecule has 0 bridgehead atoms.